The van der Waals surface area contributed by atoms with Gasteiger partial charge in [-0.1, -0.05) is 49.4 Å². The summed E-state index contributed by atoms with van der Waals surface area (Å²) in [6.45, 7) is 6.53. The number of hydrogen-bond acceptors (Lipinski definition) is 2. The van der Waals surface area contributed by atoms with E-state index in [0.717, 1.165) is 26.2 Å². The Hall–Kier alpha value is -1.80. The SMILES string of the molecule is CCCNCc1cccc(N2CC(c3ccccc3)C2)c1. The van der Waals surface area contributed by atoms with Crippen LogP contribution in [0.15, 0.2) is 54.6 Å². The summed E-state index contributed by atoms with van der Waals surface area (Å²) in [5, 5.41) is 3.47. The minimum atomic E-state index is 0.688. The van der Waals surface area contributed by atoms with Gasteiger partial charge in [-0.25, -0.2) is 0 Å². The quantitative estimate of drug-likeness (QED) is 0.810. The summed E-state index contributed by atoms with van der Waals surface area (Å²) in [6.07, 6.45) is 1.19. The normalized spacial score (nSPS) is 15.0. The maximum Gasteiger partial charge on any atom is 0.0369 e. The molecule has 0 radical (unpaired) electrons. The zero-order valence-electron chi connectivity index (χ0n) is 12.8. The van der Waals surface area contributed by atoms with E-state index in [1.165, 1.54) is 23.2 Å². The van der Waals surface area contributed by atoms with Crippen LogP contribution >= 0.6 is 0 Å². The van der Waals surface area contributed by atoms with Crippen LogP contribution in [0.25, 0.3) is 0 Å². The minimum Gasteiger partial charge on any atom is -0.370 e. The molecule has 2 aromatic carbocycles. The number of nitrogens with zero attached hydrogens (tertiary/aromatic N) is 1. The third kappa shape index (κ3) is 3.45. The summed E-state index contributed by atoms with van der Waals surface area (Å²) in [6, 6.07) is 19.8. The Morgan fingerprint density at radius 3 is 2.62 bits per heavy atom. The van der Waals surface area contributed by atoms with E-state index in [0.29, 0.717) is 5.92 Å². The standard InChI is InChI=1S/C19H24N2/c1-2-11-20-13-16-7-6-10-19(12-16)21-14-18(15-21)17-8-4-3-5-9-17/h3-10,12,18,20H,2,11,13-15H2,1H3. The third-order valence-electron chi connectivity index (χ3n) is 4.18. The van der Waals surface area contributed by atoms with E-state index < -0.39 is 0 Å². The van der Waals surface area contributed by atoms with Crippen LogP contribution in [0.4, 0.5) is 5.69 Å². The Bertz CT molecular complexity index is 559. The van der Waals surface area contributed by atoms with Gasteiger partial charge in [0.2, 0.25) is 0 Å². The lowest BCUT2D eigenvalue weighted by Crippen LogP contribution is -2.45. The fourth-order valence-corrected chi connectivity index (χ4v) is 2.90. The lowest BCUT2D eigenvalue weighted by Gasteiger charge is -2.41. The van der Waals surface area contributed by atoms with Crippen LogP contribution in [0.5, 0.6) is 0 Å². The number of rotatable bonds is 6. The molecule has 21 heavy (non-hydrogen) atoms. The molecule has 0 unspecified atom stereocenters. The topological polar surface area (TPSA) is 15.3 Å². The summed E-state index contributed by atoms with van der Waals surface area (Å²) < 4.78 is 0. The van der Waals surface area contributed by atoms with Gasteiger partial charge in [-0.15, -0.1) is 0 Å². The molecule has 0 bridgehead atoms. The summed E-state index contributed by atoms with van der Waals surface area (Å²) >= 11 is 0. The molecule has 3 rings (SSSR count). The van der Waals surface area contributed by atoms with Gasteiger partial charge in [0.25, 0.3) is 0 Å². The zero-order chi connectivity index (χ0) is 14.5. The Labute approximate surface area is 127 Å². The predicted octanol–water partition coefficient (Wildman–Crippen LogP) is 3.79. The Kier molecular flexibility index (Phi) is 4.56. The van der Waals surface area contributed by atoms with Crippen LogP contribution in [0, 0.1) is 0 Å². The zero-order valence-corrected chi connectivity index (χ0v) is 12.8. The second-order valence-corrected chi connectivity index (χ2v) is 5.86. The van der Waals surface area contributed by atoms with Gasteiger partial charge in [0.1, 0.15) is 0 Å². The average molecular weight is 280 g/mol. The van der Waals surface area contributed by atoms with Gasteiger partial charge in [-0.2, -0.15) is 0 Å². The highest BCUT2D eigenvalue weighted by Gasteiger charge is 2.27. The van der Waals surface area contributed by atoms with E-state index >= 15 is 0 Å². The molecule has 2 heteroatoms. The van der Waals surface area contributed by atoms with Crippen LogP contribution in [0.2, 0.25) is 0 Å². The lowest BCUT2D eigenvalue weighted by molar-refractivity contribution is 0.525. The summed E-state index contributed by atoms with van der Waals surface area (Å²) in [7, 11) is 0. The van der Waals surface area contributed by atoms with Gasteiger partial charge in [0, 0.05) is 31.2 Å². The average Bonchev–Trinajstić information content (AvgIpc) is 2.48. The molecule has 0 saturated carbocycles. The van der Waals surface area contributed by atoms with Crippen molar-refractivity contribution < 1.29 is 0 Å². The largest absolute Gasteiger partial charge is 0.370 e. The van der Waals surface area contributed by atoms with Gasteiger partial charge >= 0.3 is 0 Å². The van der Waals surface area contributed by atoms with Crippen LogP contribution in [0.3, 0.4) is 0 Å². The maximum atomic E-state index is 3.47. The van der Waals surface area contributed by atoms with Crippen LogP contribution in [0.1, 0.15) is 30.4 Å². The van der Waals surface area contributed by atoms with Crippen molar-refractivity contribution in [2.24, 2.45) is 0 Å². The van der Waals surface area contributed by atoms with Crippen molar-refractivity contribution in [2.75, 3.05) is 24.5 Å². The Balaban J connectivity index is 1.58. The first-order valence-electron chi connectivity index (χ1n) is 7.96. The number of anilines is 1. The molecular weight excluding hydrogens is 256 g/mol. The van der Waals surface area contributed by atoms with Crippen molar-refractivity contribution in [1.29, 1.82) is 0 Å². The third-order valence-corrected chi connectivity index (χ3v) is 4.18. The molecule has 110 valence electrons. The van der Waals surface area contributed by atoms with E-state index in [1.54, 1.807) is 0 Å². The first-order valence-corrected chi connectivity index (χ1v) is 7.96. The molecule has 1 saturated heterocycles. The van der Waals surface area contributed by atoms with E-state index in [9.17, 15) is 0 Å². The summed E-state index contributed by atoms with van der Waals surface area (Å²) in [5.41, 5.74) is 4.21. The van der Waals surface area contributed by atoms with Crippen molar-refractivity contribution in [2.45, 2.75) is 25.8 Å². The first-order chi connectivity index (χ1) is 10.4. The van der Waals surface area contributed by atoms with Crippen molar-refractivity contribution in [3.05, 3.63) is 65.7 Å². The van der Waals surface area contributed by atoms with Gasteiger partial charge in [0.05, 0.1) is 0 Å². The van der Waals surface area contributed by atoms with Gasteiger partial charge in [-0.05, 0) is 36.2 Å². The summed E-state index contributed by atoms with van der Waals surface area (Å²) in [4.78, 5) is 2.47. The molecule has 1 fully saturated rings. The monoisotopic (exact) mass is 280 g/mol. The molecule has 1 aliphatic rings. The molecular formula is C19H24N2. The van der Waals surface area contributed by atoms with Gasteiger partial charge < -0.3 is 10.2 Å². The van der Waals surface area contributed by atoms with Crippen molar-refractivity contribution in [3.63, 3.8) is 0 Å². The molecule has 0 spiro atoms. The van der Waals surface area contributed by atoms with Crippen LogP contribution in [-0.2, 0) is 6.54 Å². The van der Waals surface area contributed by atoms with E-state index in [4.69, 9.17) is 0 Å². The van der Waals surface area contributed by atoms with E-state index in [2.05, 4.69) is 71.7 Å². The fourth-order valence-electron chi connectivity index (χ4n) is 2.90. The molecule has 1 heterocycles. The van der Waals surface area contributed by atoms with Gasteiger partial charge in [-0.3, -0.25) is 0 Å². The molecule has 2 aromatic rings. The number of nitrogens with one attached hydrogen (secondary N) is 1. The molecule has 0 atom stereocenters. The summed E-state index contributed by atoms with van der Waals surface area (Å²) in [5.74, 6) is 0.688. The Morgan fingerprint density at radius 2 is 1.86 bits per heavy atom. The van der Waals surface area contributed by atoms with Crippen molar-refractivity contribution in [1.82, 2.24) is 5.32 Å². The van der Waals surface area contributed by atoms with Crippen molar-refractivity contribution >= 4 is 5.69 Å². The van der Waals surface area contributed by atoms with Crippen molar-refractivity contribution in [3.8, 4) is 0 Å². The number of benzene rings is 2. The second-order valence-electron chi connectivity index (χ2n) is 5.86. The molecule has 1 aliphatic heterocycles. The second kappa shape index (κ2) is 6.77. The molecule has 0 aliphatic carbocycles. The fraction of sp³-hybridized carbons (Fsp3) is 0.368. The van der Waals surface area contributed by atoms with E-state index in [1.807, 2.05) is 0 Å². The lowest BCUT2D eigenvalue weighted by atomic mass is 9.91. The first kappa shape index (κ1) is 14.2. The highest BCUT2D eigenvalue weighted by molar-refractivity contribution is 5.52. The molecule has 0 amide bonds. The van der Waals surface area contributed by atoms with Gasteiger partial charge in [0.15, 0.2) is 0 Å². The number of hydrogen-bond donors (Lipinski definition) is 1. The van der Waals surface area contributed by atoms with E-state index in [-0.39, 0.29) is 0 Å². The molecule has 1 N–H and O–H groups in total. The highest BCUT2D eigenvalue weighted by Crippen LogP contribution is 2.31. The highest BCUT2D eigenvalue weighted by atomic mass is 15.2. The Morgan fingerprint density at radius 1 is 1.05 bits per heavy atom. The molecule has 2 nitrogen and oxygen atoms in total. The maximum absolute atomic E-state index is 3.47. The minimum absolute atomic E-state index is 0.688. The smallest absolute Gasteiger partial charge is 0.0369 e. The van der Waals surface area contributed by atoms with Crippen LogP contribution in [-0.4, -0.2) is 19.6 Å². The van der Waals surface area contributed by atoms with Crippen LogP contribution < -0.4 is 10.2 Å². The predicted molar refractivity (Wildman–Crippen MR) is 89.8 cm³/mol. The molecule has 0 aromatic heterocycles.